The van der Waals surface area contributed by atoms with Crippen molar-refractivity contribution in [2.24, 2.45) is 5.73 Å². The fourth-order valence-electron chi connectivity index (χ4n) is 3.79. The quantitative estimate of drug-likeness (QED) is 0.131. The molecule has 2 rings (SSSR count). The maximum atomic E-state index is 13.2. The van der Waals surface area contributed by atoms with Crippen LogP contribution in [0.4, 0.5) is 0 Å². The average molecular weight is 566 g/mol. The topological polar surface area (TPSA) is 224 Å². The molecular weight excluding hydrogens is 530 g/mol. The predicted octanol–water partition coefficient (Wildman–Crippen LogP) is -0.425. The highest BCUT2D eigenvalue weighted by molar-refractivity contribution is 7.98. The number of aromatic amines is 1. The number of carbonyl (C=O) groups is 5. The number of para-hydroxylation sites is 1. The number of hydrogen-bond donors (Lipinski definition) is 8. The van der Waals surface area contributed by atoms with E-state index in [4.69, 9.17) is 10.8 Å². The number of H-pyrrole nitrogens is 1. The molecular formula is C25H35N5O8S. The van der Waals surface area contributed by atoms with Crippen LogP contribution in [0.1, 0.15) is 31.7 Å². The molecule has 0 aliphatic carbocycles. The second-order valence-corrected chi connectivity index (χ2v) is 10.1. The summed E-state index contributed by atoms with van der Waals surface area (Å²) in [7, 11) is 0. The van der Waals surface area contributed by atoms with Gasteiger partial charge < -0.3 is 42.0 Å². The largest absolute Gasteiger partial charge is 0.481 e. The Kier molecular flexibility index (Phi) is 12.2. The van der Waals surface area contributed by atoms with Gasteiger partial charge in [-0.3, -0.25) is 19.2 Å². The van der Waals surface area contributed by atoms with Crippen molar-refractivity contribution >= 4 is 52.3 Å². The van der Waals surface area contributed by atoms with Crippen molar-refractivity contribution in [2.75, 3.05) is 12.0 Å². The molecule has 39 heavy (non-hydrogen) atoms. The number of hydrogen-bond acceptors (Lipinski definition) is 8. The second-order valence-electron chi connectivity index (χ2n) is 9.07. The minimum atomic E-state index is -1.36. The van der Waals surface area contributed by atoms with Gasteiger partial charge in [0.05, 0.1) is 6.10 Å². The Bertz CT molecular complexity index is 1170. The van der Waals surface area contributed by atoms with Gasteiger partial charge >= 0.3 is 11.9 Å². The van der Waals surface area contributed by atoms with Crippen LogP contribution >= 0.6 is 11.8 Å². The number of carboxylic acid groups (broad SMARTS) is 2. The van der Waals surface area contributed by atoms with Gasteiger partial charge in [0, 0.05) is 29.9 Å². The van der Waals surface area contributed by atoms with Gasteiger partial charge in [-0.05, 0) is 43.4 Å². The third-order valence-electron chi connectivity index (χ3n) is 6.06. The van der Waals surface area contributed by atoms with Crippen LogP contribution in [-0.4, -0.2) is 92.2 Å². The summed E-state index contributed by atoms with van der Waals surface area (Å²) in [6, 6.07) is 2.15. The molecule has 0 aliphatic rings. The van der Waals surface area contributed by atoms with Gasteiger partial charge in [0.2, 0.25) is 17.7 Å². The fourth-order valence-corrected chi connectivity index (χ4v) is 4.26. The first-order chi connectivity index (χ1) is 18.4. The van der Waals surface area contributed by atoms with Gasteiger partial charge in [0.25, 0.3) is 0 Å². The van der Waals surface area contributed by atoms with Gasteiger partial charge in [-0.15, -0.1) is 0 Å². The Labute approximate surface area is 229 Å². The lowest BCUT2D eigenvalue weighted by Crippen LogP contribution is -2.58. The zero-order chi connectivity index (χ0) is 29.1. The van der Waals surface area contributed by atoms with E-state index < -0.39 is 66.4 Å². The monoisotopic (exact) mass is 565 g/mol. The highest BCUT2D eigenvalue weighted by atomic mass is 32.2. The highest BCUT2D eigenvalue weighted by Crippen LogP contribution is 2.19. The van der Waals surface area contributed by atoms with E-state index in [-0.39, 0.29) is 19.3 Å². The molecule has 0 spiro atoms. The first kappa shape index (κ1) is 31.6. The van der Waals surface area contributed by atoms with Crippen LogP contribution in [0.25, 0.3) is 10.9 Å². The van der Waals surface area contributed by atoms with Crippen LogP contribution in [0.2, 0.25) is 0 Å². The number of aromatic nitrogens is 1. The fraction of sp³-hybridized carbons (Fsp3) is 0.480. The number of rotatable bonds is 16. The average Bonchev–Trinajstić information content (AvgIpc) is 3.30. The number of nitrogens with two attached hydrogens (primary N) is 1. The van der Waals surface area contributed by atoms with E-state index in [9.17, 15) is 34.2 Å². The number of aliphatic hydroxyl groups excluding tert-OH is 1. The molecule has 5 unspecified atom stereocenters. The van der Waals surface area contributed by atoms with Crippen LogP contribution in [-0.2, 0) is 30.4 Å². The second kappa shape index (κ2) is 15.1. The van der Waals surface area contributed by atoms with Gasteiger partial charge in [-0.2, -0.15) is 11.8 Å². The van der Waals surface area contributed by atoms with E-state index in [0.717, 1.165) is 10.9 Å². The lowest BCUT2D eigenvalue weighted by Gasteiger charge is -2.25. The lowest BCUT2D eigenvalue weighted by molar-refractivity contribution is -0.142. The van der Waals surface area contributed by atoms with Crippen LogP contribution in [0.5, 0.6) is 0 Å². The molecule has 2 aromatic rings. The first-order valence-corrected chi connectivity index (χ1v) is 13.7. The van der Waals surface area contributed by atoms with Crippen molar-refractivity contribution in [2.45, 2.75) is 62.9 Å². The number of aliphatic hydroxyl groups is 1. The molecule has 13 nitrogen and oxygen atoms in total. The zero-order valence-corrected chi connectivity index (χ0v) is 22.5. The number of fused-ring (bicyclic) bond motifs is 1. The van der Waals surface area contributed by atoms with Gasteiger partial charge in [0.15, 0.2) is 0 Å². The van der Waals surface area contributed by atoms with E-state index in [2.05, 4.69) is 20.9 Å². The van der Waals surface area contributed by atoms with Crippen LogP contribution in [0.3, 0.4) is 0 Å². The normalized spacial score (nSPS) is 15.0. The van der Waals surface area contributed by atoms with Crippen molar-refractivity contribution in [3.8, 4) is 0 Å². The SMILES string of the molecule is CSCCC(NC(=O)C(CCC(=O)O)NC(=O)C(N)C(C)O)C(=O)NC(Cc1c[nH]c2ccccc12)C(=O)O. The zero-order valence-electron chi connectivity index (χ0n) is 21.7. The molecule has 0 saturated heterocycles. The van der Waals surface area contributed by atoms with Crippen molar-refractivity contribution in [1.82, 2.24) is 20.9 Å². The molecule has 1 heterocycles. The standard InChI is InChI=1S/C25H35N5O8S/c1-13(31)21(26)24(36)29-17(7-8-20(32)33)22(34)28-18(9-10-39-2)23(35)30-19(25(37)38)11-14-12-27-16-6-4-3-5-15(14)16/h3-6,12-13,17-19,21,27,31H,7-11,26H2,1-2H3,(H,28,34)(H,29,36)(H,30,35)(H,32,33)(H,37,38). The molecule has 0 bridgehead atoms. The molecule has 5 atom stereocenters. The molecule has 0 fully saturated rings. The van der Waals surface area contributed by atoms with Crippen LogP contribution < -0.4 is 21.7 Å². The molecule has 0 saturated carbocycles. The van der Waals surface area contributed by atoms with Crippen molar-refractivity contribution < 1.29 is 39.3 Å². The summed E-state index contributed by atoms with van der Waals surface area (Å²) in [5, 5.41) is 36.5. The summed E-state index contributed by atoms with van der Waals surface area (Å²) >= 11 is 1.40. The summed E-state index contributed by atoms with van der Waals surface area (Å²) in [6.07, 6.45) is 1.62. The van der Waals surface area contributed by atoms with Crippen LogP contribution in [0, 0.1) is 0 Å². The third-order valence-corrected chi connectivity index (χ3v) is 6.70. The van der Waals surface area contributed by atoms with Crippen molar-refractivity contribution in [1.29, 1.82) is 0 Å². The Balaban J connectivity index is 2.18. The molecule has 1 aromatic heterocycles. The minimum absolute atomic E-state index is 0.0111. The number of nitrogens with one attached hydrogen (secondary N) is 4. The van der Waals surface area contributed by atoms with E-state index >= 15 is 0 Å². The van der Waals surface area contributed by atoms with E-state index in [1.807, 2.05) is 24.3 Å². The molecule has 1 aromatic carbocycles. The number of carbonyl (C=O) groups excluding carboxylic acids is 3. The van der Waals surface area contributed by atoms with Crippen molar-refractivity contribution in [3.05, 3.63) is 36.0 Å². The highest BCUT2D eigenvalue weighted by Gasteiger charge is 2.31. The number of thioether (sulfide) groups is 1. The van der Waals surface area contributed by atoms with E-state index in [1.54, 1.807) is 12.5 Å². The summed E-state index contributed by atoms with van der Waals surface area (Å²) in [5.41, 5.74) is 7.12. The molecule has 0 aliphatic heterocycles. The molecule has 9 N–H and O–H groups in total. The van der Waals surface area contributed by atoms with Gasteiger partial charge in [-0.25, -0.2) is 4.79 Å². The van der Waals surface area contributed by atoms with Gasteiger partial charge in [-0.1, -0.05) is 18.2 Å². The number of aliphatic carboxylic acids is 2. The summed E-state index contributed by atoms with van der Waals surface area (Å²) in [4.78, 5) is 64.7. The molecule has 214 valence electrons. The van der Waals surface area contributed by atoms with Crippen molar-refractivity contribution in [3.63, 3.8) is 0 Å². The summed E-state index contributed by atoms with van der Waals surface area (Å²) < 4.78 is 0. The summed E-state index contributed by atoms with van der Waals surface area (Å²) in [5.74, 6) is -4.48. The Morgan fingerprint density at radius 3 is 2.13 bits per heavy atom. The molecule has 14 heteroatoms. The first-order valence-electron chi connectivity index (χ1n) is 12.3. The predicted molar refractivity (Wildman–Crippen MR) is 145 cm³/mol. The maximum absolute atomic E-state index is 13.2. The Hall–Kier alpha value is -3.62. The Morgan fingerprint density at radius 2 is 1.54 bits per heavy atom. The molecule has 3 amide bonds. The maximum Gasteiger partial charge on any atom is 0.326 e. The summed E-state index contributed by atoms with van der Waals surface area (Å²) in [6.45, 7) is 1.29. The third kappa shape index (κ3) is 9.57. The molecule has 0 radical (unpaired) electrons. The lowest BCUT2D eigenvalue weighted by atomic mass is 10.0. The number of benzene rings is 1. The smallest absolute Gasteiger partial charge is 0.326 e. The van der Waals surface area contributed by atoms with Crippen LogP contribution in [0.15, 0.2) is 30.5 Å². The Morgan fingerprint density at radius 1 is 0.949 bits per heavy atom. The minimum Gasteiger partial charge on any atom is -0.481 e. The van der Waals surface area contributed by atoms with E-state index in [0.29, 0.717) is 11.3 Å². The van der Waals surface area contributed by atoms with Gasteiger partial charge in [0.1, 0.15) is 24.2 Å². The number of amides is 3. The number of carboxylic acids is 2. The van der Waals surface area contributed by atoms with E-state index in [1.165, 1.54) is 18.7 Å².